The van der Waals surface area contributed by atoms with Crippen LogP contribution in [0.25, 0.3) is 16.5 Å². The van der Waals surface area contributed by atoms with Crippen LogP contribution in [0.3, 0.4) is 0 Å². The number of para-hydroxylation sites is 1. The fourth-order valence-corrected chi connectivity index (χ4v) is 7.71. The van der Waals surface area contributed by atoms with E-state index in [1.807, 2.05) is 36.2 Å². The molecule has 3 aromatic rings. The highest BCUT2D eigenvalue weighted by atomic mass is 32.2. The molecule has 1 saturated heterocycles. The molecule has 1 atom stereocenters. The van der Waals surface area contributed by atoms with Crippen LogP contribution < -0.4 is 0 Å². The number of carbonyl (C=O) groups is 1. The van der Waals surface area contributed by atoms with Gasteiger partial charge in [0.1, 0.15) is 4.21 Å². The van der Waals surface area contributed by atoms with Crippen LogP contribution in [0, 0.1) is 12.8 Å². The number of aromatic amines is 1. The smallest absolute Gasteiger partial charge is 0.252 e. The summed E-state index contributed by atoms with van der Waals surface area (Å²) >= 11 is 1.29. The number of aromatic nitrogens is 1. The number of sulfonamides is 1. The third-order valence-electron chi connectivity index (χ3n) is 6.50. The van der Waals surface area contributed by atoms with Crippen molar-refractivity contribution in [2.24, 2.45) is 5.92 Å². The van der Waals surface area contributed by atoms with Crippen molar-refractivity contribution >= 4 is 43.7 Å². The lowest BCUT2D eigenvalue weighted by Crippen LogP contribution is -2.47. The zero-order chi connectivity index (χ0) is 22.3. The van der Waals surface area contributed by atoms with Gasteiger partial charge in [0.05, 0.1) is 5.92 Å². The van der Waals surface area contributed by atoms with Gasteiger partial charge in [-0.25, -0.2) is 8.42 Å². The third kappa shape index (κ3) is 3.91. The highest BCUT2D eigenvalue weighted by molar-refractivity contribution is 7.91. The minimum Gasteiger partial charge on any atom is -0.361 e. The highest BCUT2D eigenvalue weighted by Gasteiger charge is 2.36. The SMILES string of the molecule is Cc1ccc(S(=O)(=O)N2CCCC(C(=O)N3CC=C(c4c[nH]c5ccccc45)CC3)C2)s1. The summed E-state index contributed by atoms with van der Waals surface area (Å²) in [4.78, 5) is 19.4. The first kappa shape index (κ1) is 21.4. The Morgan fingerprint density at radius 2 is 2.00 bits per heavy atom. The number of piperidine rings is 1. The summed E-state index contributed by atoms with van der Waals surface area (Å²) in [5, 5.41) is 1.20. The van der Waals surface area contributed by atoms with E-state index in [9.17, 15) is 13.2 Å². The van der Waals surface area contributed by atoms with Crippen molar-refractivity contribution in [3.05, 3.63) is 59.1 Å². The van der Waals surface area contributed by atoms with E-state index in [0.717, 1.165) is 23.2 Å². The third-order valence-corrected chi connectivity index (χ3v) is 9.83. The van der Waals surface area contributed by atoms with Crippen molar-refractivity contribution in [1.82, 2.24) is 14.2 Å². The number of fused-ring (bicyclic) bond motifs is 1. The molecular formula is C24H27N3O3S2. The van der Waals surface area contributed by atoms with Gasteiger partial charge in [-0.05, 0) is 50.0 Å². The lowest BCUT2D eigenvalue weighted by atomic mass is 9.95. The fourth-order valence-electron chi connectivity index (χ4n) is 4.75. The lowest BCUT2D eigenvalue weighted by Gasteiger charge is -2.35. The molecule has 0 spiro atoms. The van der Waals surface area contributed by atoms with Gasteiger partial charge in [0, 0.05) is 53.7 Å². The van der Waals surface area contributed by atoms with Crippen LogP contribution in [-0.4, -0.2) is 54.7 Å². The molecule has 4 heterocycles. The Hall–Kier alpha value is -2.42. The number of hydrogen-bond donors (Lipinski definition) is 1. The first-order valence-electron chi connectivity index (χ1n) is 11.0. The average Bonchev–Trinajstić information content (AvgIpc) is 3.46. The van der Waals surface area contributed by atoms with E-state index in [2.05, 4.69) is 23.2 Å². The summed E-state index contributed by atoms with van der Waals surface area (Å²) < 4.78 is 27.9. The summed E-state index contributed by atoms with van der Waals surface area (Å²) in [6.07, 6.45) is 6.44. The Kier molecular flexibility index (Phi) is 5.69. The number of hydrogen-bond acceptors (Lipinski definition) is 4. The minimum atomic E-state index is -3.53. The predicted octanol–water partition coefficient (Wildman–Crippen LogP) is 4.25. The normalized spacial score (nSPS) is 20.5. The molecule has 1 amide bonds. The number of thiophene rings is 1. The standard InChI is InChI=1S/C24H27N3O3S2/c1-17-8-9-23(31-17)32(29,30)27-12-4-5-19(16-27)24(28)26-13-10-18(11-14-26)21-15-25-22-7-3-2-6-20(21)22/h2-3,6-10,15,19,25H,4-5,11-14,16H2,1H3. The second kappa shape index (κ2) is 8.50. The molecule has 2 aliphatic rings. The summed E-state index contributed by atoms with van der Waals surface area (Å²) in [6, 6.07) is 11.7. The molecule has 5 rings (SSSR count). The van der Waals surface area contributed by atoms with Crippen molar-refractivity contribution in [3.63, 3.8) is 0 Å². The topological polar surface area (TPSA) is 73.5 Å². The van der Waals surface area contributed by atoms with Crippen molar-refractivity contribution < 1.29 is 13.2 Å². The number of H-pyrrole nitrogens is 1. The first-order valence-corrected chi connectivity index (χ1v) is 13.3. The molecule has 1 N–H and O–H groups in total. The van der Waals surface area contributed by atoms with Gasteiger partial charge in [-0.3, -0.25) is 4.79 Å². The lowest BCUT2D eigenvalue weighted by molar-refractivity contribution is -0.136. The zero-order valence-corrected chi connectivity index (χ0v) is 19.7. The molecule has 0 aliphatic carbocycles. The van der Waals surface area contributed by atoms with E-state index in [0.29, 0.717) is 30.3 Å². The maximum atomic E-state index is 13.2. The highest BCUT2D eigenvalue weighted by Crippen LogP contribution is 2.32. The van der Waals surface area contributed by atoms with Crippen LogP contribution in [0.2, 0.25) is 0 Å². The number of benzene rings is 1. The maximum Gasteiger partial charge on any atom is 0.252 e. The molecule has 2 aromatic heterocycles. The summed E-state index contributed by atoms with van der Waals surface area (Å²) in [5.74, 6) is -0.205. The molecule has 0 bridgehead atoms. The van der Waals surface area contributed by atoms with Crippen molar-refractivity contribution in [2.45, 2.75) is 30.4 Å². The number of rotatable bonds is 4. The molecule has 1 fully saturated rings. The summed E-state index contributed by atoms with van der Waals surface area (Å²) in [6.45, 7) is 3.89. The molecule has 1 unspecified atom stereocenters. The zero-order valence-electron chi connectivity index (χ0n) is 18.1. The Bertz CT molecular complexity index is 1290. The molecule has 168 valence electrons. The van der Waals surface area contributed by atoms with Crippen molar-refractivity contribution in [3.8, 4) is 0 Å². The quantitative estimate of drug-likeness (QED) is 0.621. The predicted molar refractivity (Wildman–Crippen MR) is 128 cm³/mol. The van der Waals surface area contributed by atoms with Gasteiger partial charge in [0.25, 0.3) is 10.0 Å². The Morgan fingerprint density at radius 3 is 2.75 bits per heavy atom. The van der Waals surface area contributed by atoms with Crippen LogP contribution in [0.1, 0.15) is 29.7 Å². The van der Waals surface area contributed by atoms with Gasteiger partial charge in [0.15, 0.2) is 0 Å². The summed E-state index contributed by atoms with van der Waals surface area (Å²) in [5.41, 5.74) is 3.58. The van der Waals surface area contributed by atoms with E-state index in [4.69, 9.17) is 0 Å². The summed E-state index contributed by atoms with van der Waals surface area (Å²) in [7, 11) is -3.53. The molecule has 0 saturated carbocycles. The van der Waals surface area contributed by atoms with Crippen LogP contribution >= 0.6 is 11.3 Å². The van der Waals surface area contributed by atoms with Crippen LogP contribution in [0.5, 0.6) is 0 Å². The van der Waals surface area contributed by atoms with E-state index in [1.54, 1.807) is 6.07 Å². The Balaban J connectivity index is 1.28. The molecule has 2 aliphatic heterocycles. The molecule has 0 radical (unpaired) electrons. The van der Waals surface area contributed by atoms with Crippen LogP contribution in [-0.2, 0) is 14.8 Å². The van der Waals surface area contributed by atoms with Gasteiger partial charge in [0.2, 0.25) is 5.91 Å². The fraction of sp³-hybridized carbons (Fsp3) is 0.375. The van der Waals surface area contributed by atoms with E-state index in [1.165, 1.54) is 32.2 Å². The van der Waals surface area contributed by atoms with Gasteiger partial charge < -0.3 is 9.88 Å². The molecule has 1 aromatic carbocycles. The van der Waals surface area contributed by atoms with Crippen molar-refractivity contribution in [2.75, 3.05) is 26.2 Å². The minimum absolute atomic E-state index is 0.0708. The number of nitrogens with zero attached hydrogens (tertiary/aromatic N) is 2. The van der Waals surface area contributed by atoms with E-state index in [-0.39, 0.29) is 18.4 Å². The van der Waals surface area contributed by atoms with Crippen molar-refractivity contribution in [1.29, 1.82) is 0 Å². The van der Waals surface area contributed by atoms with Crippen LogP contribution in [0.15, 0.2) is 52.9 Å². The monoisotopic (exact) mass is 469 g/mol. The Morgan fingerprint density at radius 1 is 1.16 bits per heavy atom. The molecule has 32 heavy (non-hydrogen) atoms. The van der Waals surface area contributed by atoms with E-state index >= 15 is 0 Å². The molecular weight excluding hydrogens is 442 g/mol. The van der Waals surface area contributed by atoms with E-state index < -0.39 is 10.0 Å². The average molecular weight is 470 g/mol. The largest absolute Gasteiger partial charge is 0.361 e. The Labute approximate surface area is 192 Å². The second-order valence-electron chi connectivity index (χ2n) is 8.58. The van der Waals surface area contributed by atoms with Gasteiger partial charge in [-0.2, -0.15) is 4.31 Å². The van der Waals surface area contributed by atoms with Gasteiger partial charge in [-0.15, -0.1) is 11.3 Å². The van der Waals surface area contributed by atoms with Gasteiger partial charge in [-0.1, -0.05) is 24.3 Å². The van der Waals surface area contributed by atoms with Gasteiger partial charge >= 0.3 is 0 Å². The maximum absolute atomic E-state index is 13.2. The molecule has 8 heteroatoms. The number of carbonyl (C=O) groups excluding carboxylic acids is 1. The first-order chi connectivity index (χ1) is 15.4. The number of amides is 1. The number of nitrogens with one attached hydrogen (secondary N) is 1. The number of aryl methyl sites for hydroxylation is 1. The molecule has 6 nitrogen and oxygen atoms in total. The second-order valence-corrected chi connectivity index (χ2v) is 12.0. The van der Waals surface area contributed by atoms with Crippen LogP contribution in [0.4, 0.5) is 0 Å².